The number of amides is 1. The Morgan fingerprint density at radius 1 is 1.00 bits per heavy atom. The molecular formula is C22H43IN6O3. The van der Waals surface area contributed by atoms with E-state index in [0.29, 0.717) is 25.7 Å². The normalized spacial score (nSPS) is 22.0. The van der Waals surface area contributed by atoms with Crippen LogP contribution in [0.15, 0.2) is 4.99 Å². The van der Waals surface area contributed by atoms with Gasteiger partial charge >= 0.3 is 0 Å². The molecule has 1 N–H and O–H groups in total. The van der Waals surface area contributed by atoms with Gasteiger partial charge in [0.25, 0.3) is 0 Å². The highest BCUT2D eigenvalue weighted by molar-refractivity contribution is 14.0. The zero-order valence-corrected chi connectivity index (χ0v) is 22.3. The summed E-state index contributed by atoms with van der Waals surface area (Å²) < 4.78 is 10.5. The fraction of sp³-hybridized carbons (Fsp3) is 0.909. The number of piperidine rings is 1. The number of morpholine rings is 1. The molecule has 0 radical (unpaired) electrons. The highest BCUT2D eigenvalue weighted by atomic mass is 127. The summed E-state index contributed by atoms with van der Waals surface area (Å²) in [6, 6.07) is 0. The first-order chi connectivity index (χ1) is 15.2. The number of nitrogens with zero attached hydrogens (tertiary/aromatic N) is 5. The number of nitrogens with one attached hydrogen (secondary N) is 1. The third-order valence-corrected chi connectivity index (χ3v) is 6.55. The first-order valence-corrected chi connectivity index (χ1v) is 12.0. The molecule has 3 rings (SSSR count). The van der Waals surface area contributed by atoms with Crippen LogP contribution in [0.3, 0.4) is 0 Å². The number of hydrogen-bond acceptors (Lipinski definition) is 6. The monoisotopic (exact) mass is 566 g/mol. The zero-order valence-electron chi connectivity index (χ0n) is 20.0. The standard InChI is InChI=1S/C22H42N6O3.HI/c1-3-23-22(24-18-20-4-6-25(7-5-20)12-15-30-2)28-10-8-26(9-11-28)19-21(29)27-13-16-31-17-14-27;/h20H,3-19H2,1-2H3,(H,23,24);1H. The molecule has 0 unspecified atom stereocenters. The van der Waals surface area contributed by atoms with Crippen LogP contribution in [-0.4, -0.2) is 137 Å². The fourth-order valence-corrected chi connectivity index (χ4v) is 4.48. The lowest BCUT2D eigenvalue weighted by molar-refractivity contribution is -0.136. The van der Waals surface area contributed by atoms with Crippen LogP contribution in [0.1, 0.15) is 19.8 Å². The van der Waals surface area contributed by atoms with E-state index in [2.05, 4.69) is 26.9 Å². The summed E-state index contributed by atoms with van der Waals surface area (Å²) in [5.74, 6) is 1.93. The first-order valence-electron chi connectivity index (χ1n) is 12.0. The molecule has 186 valence electrons. The van der Waals surface area contributed by atoms with Crippen LogP contribution in [0.4, 0.5) is 0 Å². The molecule has 1 amide bonds. The molecule has 0 aromatic rings. The number of piperazine rings is 1. The molecule has 9 nitrogen and oxygen atoms in total. The second-order valence-electron chi connectivity index (χ2n) is 8.73. The number of aliphatic imine (C=N–C) groups is 1. The van der Waals surface area contributed by atoms with Crippen molar-refractivity contribution in [3.8, 4) is 0 Å². The lowest BCUT2D eigenvalue weighted by Crippen LogP contribution is -2.55. The fourth-order valence-electron chi connectivity index (χ4n) is 4.48. The van der Waals surface area contributed by atoms with E-state index in [4.69, 9.17) is 14.5 Å². The second kappa shape index (κ2) is 15.3. The van der Waals surface area contributed by atoms with Crippen molar-refractivity contribution in [1.82, 2.24) is 24.9 Å². The first kappa shape index (κ1) is 27.6. The van der Waals surface area contributed by atoms with Crippen molar-refractivity contribution in [3.05, 3.63) is 0 Å². The Morgan fingerprint density at radius 3 is 2.31 bits per heavy atom. The Labute approximate surface area is 210 Å². The van der Waals surface area contributed by atoms with Crippen molar-refractivity contribution in [2.45, 2.75) is 19.8 Å². The van der Waals surface area contributed by atoms with E-state index in [1.807, 2.05) is 4.90 Å². The molecule has 0 aliphatic carbocycles. The van der Waals surface area contributed by atoms with Crippen molar-refractivity contribution in [2.75, 3.05) is 105 Å². The van der Waals surface area contributed by atoms with Crippen molar-refractivity contribution in [2.24, 2.45) is 10.9 Å². The molecule has 3 saturated heterocycles. The number of rotatable bonds is 8. The lowest BCUT2D eigenvalue weighted by atomic mass is 9.97. The van der Waals surface area contributed by atoms with E-state index in [9.17, 15) is 4.79 Å². The summed E-state index contributed by atoms with van der Waals surface area (Å²) in [5.41, 5.74) is 0. The largest absolute Gasteiger partial charge is 0.383 e. The molecule has 10 heteroatoms. The SMILES string of the molecule is CCNC(=NCC1CCN(CCOC)CC1)N1CCN(CC(=O)N2CCOCC2)CC1.I. The van der Waals surface area contributed by atoms with Crippen LogP contribution in [0, 0.1) is 5.92 Å². The van der Waals surface area contributed by atoms with E-state index in [-0.39, 0.29) is 29.9 Å². The molecule has 32 heavy (non-hydrogen) atoms. The van der Waals surface area contributed by atoms with E-state index < -0.39 is 0 Å². The summed E-state index contributed by atoms with van der Waals surface area (Å²) in [7, 11) is 1.77. The molecule has 0 saturated carbocycles. The van der Waals surface area contributed by atoms with Crippen molar-refractivity contribution in [1.29, 1.82) is 0 Å². The Kier molecular flexibility index (Phi) is 13.1. The minimum Gasteiger partial charge on any atom is -0.383 e. The zero-order chi connectivity index (χ0) is 21.9. The van der Waals surface area contributed by atoms with Gasteiger partial charge in [0.2, 0.25) is 5.91 Å². The van der Waals surface area contributed by atoms with Crippen molar-refractivity contribution in [3.63, 3.8) is 0 Å². The van der Waals surface area contributed by atoms with Crippen LogP contribution in [-0.2, 0) is 14.3 Å². The van der Waals surface area contributed by atoms with Gasteiger partial charge in [-0.2, -0.15) is 0 Å². The maximum atomic E-state index is 12.5. The molecule has 0 atom stereocenters. The smallest absolute Gasteiger partial charge is 0.236 e. The minimum absolute atomic E-state index is 0. The number of carbonyl (C=O) groups is 1. The van der Waals surface area contributed by atoms with Gasteiger partial charge in [-0.15, -0.1) is 24.0 Å². The molecule has 0 aromatic heterocycles. The number of ether oxygens (including phenoxy) is 2. The van der Waals surface area contributed by atoms with Crippen LogP contribution < -0.4 is 5.32 Å². The molecule has 0 aromatic carbocycles. The predicted octanol–water partition coefficient (Wildman–Crippen LogP) is 0.405. The Hall–Kier alpha value is -0.690. The summed E-state index contributed by atoms with van der Waals surface area (Å²) in [6.07, 6.45) is 2.42. The molecular weight excluding hydrogens is 523 g/mol. The highest BCUT2D eigenvalue weighted by Crippen LogP contribution is 2.17. The average molecular weight is 567 g/mol. The van der Waals surface area contributed by atoms with Gasteiger partial charge in [0.15, 0.2) is 5.96 Å². The summed E-state index contributed by atoms with van der Waals surface area (Å²) in [4.78, 5) is 26.6. The quantitative estimate of drug-likeness (QED) is 0.259. The van der Waals surface area contributed by atoms with E-state index in [1.54, 1.807) is 7.11 Å². The second-order valence-corrected chi connectivity index (χ2v) is 8.73. The number of likely N-dealkylation sites (tertiary alicyclic amines) is 1. The summed E-state index contributed by atoms with van der Waals surface area (Å²) >= 11 is 0. The van der Waals surface area contributed by atoms with Crippen molar-refractivity contribution >= 4 is 35.8 Å². The molecule has 3 aliphatic rings. The van der Waals surface area contributed by atoms with E-state index in [1.165, 1.54) is 12.8 Å². The van der Waals surface area contributed by atoms with Gasteiger partial charge in [0.1, 0.15) is 0 Å². The van der Waals surface area contributed by atoms with Crippen LogP contribution in [0.25, 0.3) is 0 Å². The number of carbonyl (C=O) groups excluding carboxylic acids is 1. The minimum atomic E-state index is 0. The highest BCUT2D eigenvalue weighted by Gasteiger charge is 2.25. The van der Waals surface area contributed by atoms with Crippen LogP contribution in [0.5, 0.6) is 0 Å². The van der Waals surface area contributed by atoms with Gasteiger partial charge in [-0.25, -0.2) is 0 Å². The Morgan fingerprint density at radius 2 is 1.69 bits per heavy atom. The van der Waals surface area contributed by atoms with Crippen LogP contribution >= 0.6 is 24.0 Å². The van der Waals surface area contributed by atoms with E-state index in [0.717, 1.165) is 84.6 Å². The Bertz CT molecular complexity index is 560. The van der Waals surface area contributed by atoms with Gasteiger partial charge in [-0.05, 0) is 38.8 Å². The van der Waals surface area contributed by atoms with Gasteiger partial charge < -0.3 is 29.5 Å². The molecule has 3 heterocycles. The third kappa shape index (κ3) is 8.92. The molecule has 0 spiro atoms. The average Bonchev–Trinajstić information content (AvgIpc) is 2.82. The van der Waals surface area contributed by atoms with Gasteiger partial charge in [-0.1, -0.05) is 0 Å². The summed E-state index contributed by atoms with van der Waals surface area (Å²) in [6.45, 7) is 15.0. The lowest BCUT2D eigenvalue weighted by Gasteiger charge is -2.37. The number of methoxy groups -OCH3 is 1. The topological polar surface area (TPSA) is 72.9 Å². The van der Waals surface area contributed by atoms with Crippen molar-refractivity contribution < 1.29 is 14.3 Å². The van der Waals surface area contributed by atoms with Gasteiger partial charge in [0.05, 0.1) is 26.4 Å². The van der Waals surface area contributed by atoms with Gasteiger partial charge in [-0.3, -0.25) is 14.7 Å². The Balaban J connectivity index is 0.00000363. The predicted molar refractivity (Wildman–Crippen MR) is 138 cm³/mol. The number of halogens is 1. The van der Waals surface area contributed by atoms with E-state index >= 15 is 0 Å². The molecule has 3 aliphatic heterocycles. The molecule has 3 fully saturated rings. The van der Waals surface area contributed by atoms with Crippen LogP contribution in [0.2, 0.25) is 0 Å². The maximum absolute atomic E-state index is 12.5. The number of guanidine groups is 1. The summed E-state index contributed by atoms with van der Waals surface area (Å²) in [5, 5.41) is 3.48. The van der Waals surface area contributed by atoms with Gasteiger partial charge in [0, 0.05) is 66.0 Å². The number of hydrogen-bond donors (Lipinski definition) is 1. The molecule has 0 bridgehead atoms. The maximum Gasteiger partial charge on any atom is 0.236 e. The third-order valence-electron chi connectivity index (χ3n) is 6.55.